The lowest BCUT2D eigenvalue weighted by atomic mass is 10.1. The van der Waals surface area contributed by atoms with Gasteiger partial charge in [-0.15, -0.1) is 10.2 Å². The molecular weight excluding hydrogens is 426 g/mol. The van der Waals surface area contributed by atoms with Gasteiger partial charge in [0.25, 0.3) is 5.56 Å². The summed E-state index contributed by atoms with van der Waals surface area (Å²) >= 11 is 1.11. The van der Waals surface area contributed by atoms with Crippen molar-refractivity contribution >= 4 is 35.0 Å². The number of benzene rings is 2. The Morgan fingerprint density at radius 3 is 2.44 bits per heavy atom. The highest BCUT2D eigenvalue weighted by molar-refractivity contribution is 8.00. The molecule has 1 heterocycles. The summed E-state index contributed by atoms with van der Waals surface area (Å²) < 4.78 is 0. The molecule has 2 aromatic carbocycles. The van der Waals surface area contributed by atoms with Gasteiger partial charge >= 0.3 is 0 Å². The van der Waals surface area contributed by atoms with E-state index in [1.54, 1.807) is 19.1 Å². The van der Waals surface area contributed by atoms with Crippen molar-refractivity contribution in [1.29, 1.82) is 0 Å². The third-order valence-electron chi connectivity index (χ3n) is 4.80. The van der Waals surface area contributed by atoms with Crippen molar-refractivity contribution in [3.8, 4) is 11.3 Å². The number of carbonyl (C=O) groups is 2. The van der Waals surface area contributed by atoms with Crippen LogP contribution in [-0.4, -0.2) is 32.2 Å². The Bertz CT molecular complexity index is 1240. The number of para-hydroxylation sites is 1. The molecule has 32 heavy (non-hydrogen) atoms. The van der Waals surface area contributed by atoms with E-state index in [0.29, 0.717) is 11.3 Å². The Kier molecular flexibility index (Phi) is 7.09. The summed E-state index contributed by atoms with van der Waals surface area (Å²) in [7, 11) is 0. The predicted molar refractivity (Wildman–Crippen MR) is 127 cm³/mol. The highest BCUT2D eigenvalue weighted by Crippen LogP contribution is 2.28. The van der Waals surface area contributed by atoms with Gasteiger partial charge in [-0.3, -0.25) is 19.4 Å². The van der Waals surface area contributed by atoms with Gasteiger partial charge in [-0.1, -0.05) is 47.7 Å². The number of aromatic nitrogens is 3. The van der Waals surface area contributed by atoms with Crippen LogP contribution in [0.25, 0.3) is 11.3 Å². The van der Waals surface area contributed by atoms with Crippen molar-refractivity contribution in [2.75, 3.05) is 10.6 Å². The van der Waals surface area contributed by atoms with Gasteiger partial charge in [-0.05, 0) is 44.9 Å². The highest BCUT2D eigenvalue weighted by atomic mass is 32.2. The van der Waals surface area contributed by atoms with Crippen LogP contribution in [0.5, 0.6) is 0 Å². The minimum absolute atomic E-state index is 0.0918. The van der Waals surface area contributed by atoms with Crippen LogP contribution in [-0.2, 0) is 9.59 Å². The Morgan fingerprint density at radius 1 is 1.03 bits per heavy atom. The molecule has 0 fully saturated rings. The quantitative estimate of drug-likeness (QED) is 0.490. The van der Waals surface area contributed by atoms with Crippen molar-refractivity contribution in [3.05, 3.63) is 63.4 Å². The van der Waals surface area contributed by atoms with E-state index in [0.717, 1.165) is 34.1 Å². The second-order valence-electron chi connectivity index (χ2n) is 7.55. The number of thioether (sulfide) groups is 1. The highest BCUT2D eigenvalue weighted by Gasteiger charge is 2.19. The molecule has 1 atom stereocenters. The summed E-state index contributed by atoms with van der Waals surface area (Å²) in [6.07, 6.45) is 0. The lowest BCUT2D eigenvalue weighted by Gasteiger charge is -2.14. The second-order valence-corrected chi connectivity index (χ2v) is 8.88. The molecule has 0 saturated carbocycles. The molecule has 8 nitrogen and oxygen atoms in total. The van der Waals surface area contributed by atoms with E-state index < -0.39 is 10.8 Å². The van der Waals surface area contributed by atoms with E-state index in [1.807, 2.05) is 45.0 Å². The van der Waals surface area contributed by atoms with Crippen molar-refractivity contribution in [2.45, 2.75) is 45.0 Å². The third-order valence-corrected chi connectivity index (χ3v) is 5.78. The van der Waals surface area contributed by atoms with Crippen molar-refractivity contribution in [2.24, 2.45) is 0 Å². The zero-order valence-electron chi connectivity index (χ0n) is 18.6. The standard InChI is InChI=1S/C23H25N5O3S/c1-12-9-10-18(14(3)11-12)25-21(30)15(4)32-23-26-22(31)20(27-28-23)17-8-6-7-13(2)19(17)24-16(5)29/h6-11,15H,1-5H3,(H,24,29)(H,25,30)(H,26,28,31)/t15-/m0/s1. The number of amides is 2. The van der Waals surface area contributed by atoms with Crippen LogP contribution in [0.4, 0.5) is 11.4 Å². The van der Waals surface area contributed by atoms with Crippen molar-refractivity contribution in [1.82, 2.24) is 15.2 Å². The molecule has 0 aliphatic carbocycles. The molecule has 2 amide bonds. The van der Waals surface area contributed by atoms with Crippen LogP contribution in [0, 0.1) is 20.8 Å². The van der Waals surface area contributed by atoms with Crippen LogP contribution in [0.2, 0.25) is 0 Å². The van der Waals surface area contributed by atoms with E-state index in [-0.39, 0.29) is 22.7 Å². The number of hydrogen-bond acceptors (Lipinski definition) is 6. The maximum Gasteiger partial charge on any atom is 0.278 e. The molecule has 3 aromatic rings. The Labute approximate surface area is 190 Å². The van der Waals surface area contributed by atoms with E-state index in [9.17, 15) is 14.4 Å². The number of aromatic amines is 1. The van der Waals surface area contributed by atoms with Crippen molar-refractivity contribution in [3.63, 3.8) is 0 Å². The van der Waals surface area contributed by atoms with Gasteiger partial charge in [0.15, 0.2) is 10.9 Å². The van der Waals surface area contributed by atoms with E-state index >= 15 is 0 Å². The number of rotatable bonds is 6. The van der Waals surface area contributed by atoms with Crippen LogP contribution < -0.4 is 16.2 Å². The number of nitrogens with zero attached hydrogens (tertiary/aromatic N) is 2. The molecule has 0 unspecified atom stereocenters. The first-order valence-corrected chi connectivity index (χ1v) is 10.9. The molecule has 0 aliphatic rings. The summed E-state index contributed by atoms with van der Waals surface area (Å²) in [5.41, 5.74) is 4.26. The fourth-order valence-electron chi connectivity index (χ4n) is 3.17. The average Bonchev–Trinajstić information content (AvgIpc) is 2.71. The largest absolute Gasteiger partial charge is 0.325 e. The van der Waals surface area contributed by atoms with Crippen LogP contribution in [0.15, 0.2) is 46.3 Å². The number of nitrogens with one attached hydrogen (secondary N) is 3. The second kappa shape index (κ2) is 9.78. The van der Waals surface area contributed by atoms with Gasteiger partial charge < -0.3 is 10.6 Å². The maximum absolute atomic E-state index is 12.7. The van der Waals surface area contributed by atoms with Gasteiger partial charge in [0.1, 0.15) is 0 Å². The van der Waals surface area contributed by atoms with Crippen LogP contribution in [0.3, 0.4) is 0 Å². The lowest BCUT2D eigenvalue weighted by Crippen LogP contribution is -2.24. The van der Waals surface area contributed by atoms with E-state index in [4.69, 9.17) is 0 Å². The van der Waals surface area contributed by atoms with Gasteiger partial charge in [0, 0.05) is 18.2 Å². The molecule has 3 rings (SSSR count). The minimum atomic E-state index is -0.514. The summed E-state index contributed by atoms with van der Waals surface area (Å²) in [4.78, 5) is 39.6. The number of carbonyl (C=O) groups excluding carboxylic acids is 2. The number of anilines is 2. The maximum atomic E-state index is 12.7. The molecular formula is C23H25N5O3S. The Morgan fingerprint density at radius 2 is 1.78 bits per heavy atom. The van der Waals surface area contributed by atoms with Gasteiger partial charge in [0.2, 0.25) is 11.8 Å². The van der Waals surface area contributed by atoms with E-state index in [1.165, 1.54) is 6.92 Å². The van der Waals surface area contributed by atoms with Gasteiger partial charge in [-0.2, -0.15) is 0 Å². The molecule has 0 aliphatic heterocycles. The molecule has 3 N–H and O–H groups in total. The topological polar surface area (TPSA) is 117 Å². The summed E-state index contributed by atoms with van der Waals surface area (Å²) in [5, 5.41) is 13.5. The molecule has 0 spiro atoms. The zero-order valence-corrected chi connectivity index (χ0v) is 19.4. The monoisotopic (exact) mass is 451 g/mol. The van der Waals surface area contributed by atoms with Gasteiger partial charge in [-0.25, -0.2) is 0 Å². The molecule has 0 saturated heterocycles. The number of H-pyrrole nitrogens is 1. The summed E-state index contributed by atoms with van der Waals surface area (Å²) in [6.45, 7) is 8.88. The average molecular weight is 452 g/mol. The smallest absolute Gasteiger partial charge is 0.278 e. The molecule has 1 aromatic heterocycles. The predicted octanol–water partition coefficient (Wildman–Crippen LogP) is 3.83. The number of hydrogen-bond donors (Lipinski definition) is 3. The van der Waals surface area contributed by atoms with E-state index in [2.05, 4.69) is 25.8 Å². The van der Waals surface area contributed by atoms with Gasteiger partial charge in [0.05, 0.1) is 10.9 Å². The SMILES string of the molecule is CC(=O)Nc1c(C)cccc1-c1nnc(S[C@@H](C)C(=O)Nc2ccc(C)cc2C)[nH]c1=O. The summed E-state index contributed by atoms with van der Waals surface area (Å²) in [6, 6.07) is 11.1. The van der Waals surface area contributed by atoms with Crippen LogP contribution in [0.1, 0.15) is 30.5 Å². The summed E-state index contributed by atoms with van der Waals surface area (Å²) in [5.74, 6) is -0.457. The first kappa shape index (κ1) is 23.2. The number of aryl methyl sites for hydroxylation is 3. The Hall–Kier alpha value is -3.46. The fourth-order valence-corrected chi connectivity index (χ4v) is 3.91. The molecule has 0 radical (unpaired) electrons. The first-order chi connectivity index (χ1) is 15.2. The molecule has 166 valence electrons. The first-order valence-electron chi connectivity index (χ1n) is 10.0. The zero-order chi connectivity index (χ0) is 23.4. The normalized spacial score (nSPS) is 11.7. The van der Waals surface area contributed by atoms with Crippen LogP contribution >= 0.6 is 11.8 Å². The minimum Gasteiger partial charge on any atom is -0.325 e. The van der Waals surface area contributed by atoms with Crippen molar-refractivity contribution < 1.29 is 9.59 Å². The molecule has 0 bridgehead atoms. The fraction of sp³-hybridized carbons (Fsp3) is 0.261. The molecule has 9 heteroatoms. The lowest BCUT2D eigenvalue weighted by molar-refractivity contribution is -0.115. The third kappa shape index (κ3) is 5.42. The Balaban J connectivity index is 1.79.